The van der Waals surface area contributed by atoms with E-state index in [0.717, 1.165) is 31.7 Å². The summed E-state index contributed by atoms with van der Waals surface area (Å²) in [5.74, 6) is 1.42. The Hall–Kier alpha value is -0.940. The molecule has 0 aliphatic carbocycles. The number of hydrogen-bond donors (Lipinski definition) is 1. The number of rotatable bonds is 3. The van der Waals surface area contributed by atoms with E-state index >= 15 is 0 Å². The molecule has 3 nitrogen and oxygen atoms in total. The van der Waals surface area contributed by atoms with Crippen LogP contribution in [0.3, 0.4) is 0 Å². The lowest BCUT2D eigenvalue weighted by atomic mass is 9.99. The number of hydrogen-bond acceptors (Lipinski definition) is 2. The summed E-state index contributed by atoms with van der Waals surface area (Å²) in [7, 11) is 0. The first-order chi connectivity index (χ1) is 9.60. The Bertz CT molecular complexity index is 478. The average Bonchev–Trinajstić information content (AvgIpc) is 2.44. The first kappa shape index (κ1) is 15.4. The van der Waals surface area contributed by atoms with E-state index in [1.807, 2.05) is 11.8 Å². The van der Waals surface area contributed by atoms with Gasteiger partial charge < -0.3 is 10.2 Å². The van der Waals surface area contributed by atoms with Crippen LogP contribution in [0.15, 0.2) is 18.2 Å². The molecule has 0 unspecified atom stereocenters. The first-order valence-corrected chi connectivity index (χ1v) is 8.37. The molecule has 110 valence electrons. The normalized spacial score (nSPS) is 16.2. The van der Waals surface area contributed by atoms with Crippen LogP contribution in [0.2, 0.25) is 5.02 Å². The molecular formula is C14H18ClFN2OS. The molecule has 1 heterocycles. The van der Waals surface area contributed by atoms with E-state index in [-0.39, 0.29) is 6.03 Å². The summed E-state index contributed by atoms with van der Waals surface area (Å²) in [5, 5.41) is 3.02. The molecule has 0 atom stereocenters. The standard InChI is InChI=1S/C14H18ClFN2OS/c1-20-9-10-4-6-18(7-5-10)14(19)17-13-8-11(16)2-3-12(13)15/h2-3,8,10H,4-7,9H2,1H3,(H,17,19). The Morgan fingerprint density at radius 2 is 2.20 bits per heavy atom. The van der Waals surface area contributed by atoms with Crippen molar-refractivity contribution in [2.45, 2.75) is 12.8 Å². The minimum Gasteiger partial charge on any atom is -0.325 e. The molecule has 1 fully saturated rings. The quantitative estimate of drug-likeness (QED) is 0.911. The molecule has 0 spiro atoms. The lowest BCUT2D eigenvalue weighted by Crippen LogP contribution is -2.41. The Morgan fingerprint density at radius 3 is 2.85 bits per heavy atom. The molecule has 1 N–H and O–H groups in total. The van der Waals surface area contributed by atoms with Crippen molar-refractivity contribution in [3.8, 4) is 0 Å². The molecule has 20 heavy (non-hydrogen) atoms. The van der Waals surface area contributed by atoms with Crippen LogP contribution in [0.4, 0.5) is 14.9 Å². The lowest BCUT2D eigenvalue weighted by molar-refractivity contribution is 0.187. The number of anilines is 1. The Kier molecular flexibility index (Phi) is 5.54. The summed E-state index contributed by atoms with van der Waals surface area (Å²) in [6.45, 7) is 1.48. The van der Waals surface area contributed by atoms with E-state index in [1.54, 1.807) is 4.90 Å². The summed E-state index contributed by atoms with van der Waals surface area (Å²) in [4.78, 5) is 13.9. The molecule has 1 aromatic carbocycles. The van der Waals surface area contributed by atoms with Crippen LogP contribution >= 0.6 is 23.4 Å². The molecule has 0 bridgehead atoms. The highest BCUT2D eigenvalue weighted by Crippen LogP contribution is 2.24. The van der Waals surface area contributed by atoms with E-state index in [1.165, 1.54) is 18.2 Å². The van der Waals surface area contributed by atoms with Crippen molar-refractivity contribution in [1.82, 2.24) is 4.90 Å². The molecule has 0 radical (unpaired) electrons. The van der Waals surface area contributed by atoms with Gasteiger partial charge in [0.2, 0.25) is 0 Å². The molecule has 0 aromatic heterocycles. The lowest BCUT2D eigenvalue weighted by Gasteiger charge is -2.31. The van der Waals surface area contributed by atoms with Crippen LogP contribution in [0, 0.1) is 11.7 Å². The van der Waals surface area contributed by atoms with E-state index < -0.39 is 5.82 Å². The van der Waals surface area contributed by atoms with Crippen molar-refractivity contribution >= 4 is 35.1 Å². The number of likely N-dealkylation sites (tertiary alicyclic amines) is 1. The van der Waals surface area contributed by atoms with Gasteiger partial charge in [-0.05, 0) is 49.0 Å². The predicted molar refractivity (Wildman–Crippen MR) is 83.1 cm³/mol. The minimum absolute atomic E-state index is 0.208. The molecule has 1 aliphatic heterocycles. The van der Waals surface area contributed by atoms with Gasteiger partial charge in [-0.3, -0.25) is 0 Å². The largest absolute Gasteiger partial charge is 0.325 e. The summed E-state index contributed by atoms with van der Waals surface area (Å²) >= 11 is 7.79. The second-order valence-corrected chi connectivity index (χ2v) is 6.26. The number of amides is 2. The van der Waals surface area contributed by atoms with E-state index in [0.29, 0.717) is 16.6 Å². The molecule has 2 amide bonds. The number of urea groups is 1. The van der Waals surface area contributed by atoms with Crippen LogP contribution in [0.1, 0.15) is 12.8 Å². The number of carbonyl (C=O) groups is 1. The van der Waals surface area contributed by atoms with Gasteiger partial charge in [0.1, 0.15) is 5.82 Å². The van der Waals surface area contributed by atoms with Gasteiger partial charge in [-0.2, -0.15) is 11.8 Å². The maximum absolute atomic E-state index is 13.1. The third kappa shape index (κ3) is 4.03. The SMILES string of the molecule is CSCC1CCN(C(=O)Nc2cc(F)ccc2Cl)CC1. The number of nitrogens with one attached hydrogen (secondary N) is 1. The van der Waals surface area contributed by atoms with Gasteiger partial charge in [0.15, 0.2) is 0 Å². The Balaban J connectivity index is 1.91. The molecule has 6 heteroatoms. The summed E-state index contributed by atoms with van der Waals surface area (Å²) in [6, 6.07) is 3.74. The van der Waals surface area contributed by atoms with Gasteiger partial charge in [0.05, 0.1) is 10.7 Å². The van der Waals surface area contributed by atoms with Crippen molar-refractivity contribution in [3.05, 3.63) is 29.0 Å². The summed E-state index contributed by atoms with van der Waals surface area (Å²) in [6.07, 6.45) is 4.14. The highest BCUT2D eigenvalue weighted by atomic mass is 35.5. The number of nitrogens with zero attached hydrogens (tertiary/aromatic N) is 1. The third-order valence-electron chi connectivity index (χ3n) is 3.47. The topological polar surface area (TPSA) is 32.3 Å². The summed E-state index contributed by atoms with van der Waals surface area (Å²) < 4.78 is 13.1. The van der Waals surface area contributed by atoms with Gasteiger partial charge in [0, 0.05) is 13.1 Å². The van der Waals surface area contributed by atoms with Crippen molar-refractivity contribution in [2.75, 3.05) is 30.4 Å². The molecule has 0 saturated carbocycles. The maximum atomic E-state index is 13.1. The fraction of sp³-hybridized carbons (Fsp3) is 0.500. The second-order valence-electron chi connectivity index (χ2n) is 4.94. The van der Waals surface area contributed by atoms with E-state index in [2.05, 4.69) is 11.6 Å². The zero-order valence-corrected chi connectivity index (χ0v) is 12.9. The number of carbonyl (C=O) groups excluding carboxylic acids is 1. The third-order valence-corrected chi connectivity index (χ3v) is 4.61. The number of benzene rings is 1. The fourth-order valence-electron chi connectivity index (χ4n) is 2.33. The van der Waals surface area contributed by atoms with Crippen LogP contribution in [0.5, 0.6) is 0 Å². The average molecular weight is 317 g/mol. The highest BCUT2D eigenvalue weighted by molar-refractivity contribution is 7.98. The molecule has 1 aromatic rings. The Labute approximate surface area is 127 Å². The van der Waals surface area contributed by atoms with E-state index in [9.17, 15) is 9.18 Å². The smallest absolute Gasteiger partial charge is 0.321 e. The highest BCUT2D eigenvalue weighted by Gasteiger charge is 2.22. The van der Waals surface area contributed by atoms with Crippen molar-refractivity contribution < 1.29 is 9.18 Å². The van der Waals surface area contributed by atoms with Gasteiger partial charge in [0.25, 0.3) is 0 Å². The predicted octanol–water partition coefficient (Wildman–Crippen LogP) is 4.09. The van der Waals surface area contributed by atoms with Gasteiger partial charge in [-0.1, -0.05) is 11.6 Å². The van der Waals surface area contributed by atoms with Crippen LogP contribution in [-0.2, 0) is 0 Å². The Morgan fingerprint density at radius 1 is 1.50 bits per heavy atom. The van der Waals surface area contributed by atoms with Gasteiger partial charge in [-0.25, -0.2) is 9.18 Å². The number of thioether (sulfide) groups is 1. The van der Waals surface area contributed by atoms with Crippen molar-refractivity contribution in [3.63, 3.8) is 0 Å². The zero-order chi connectivity index (χ0) is 14.5. The van der Waals surface area contributed by atoms with Gasteiger partial charge >= 0.3 is 6.03 Å². The molecule has 2 rings (SSSR count). The number of piperidine rings is 1. The van der Waals surface area contributed by atoms with Crippen molar-refractivity contribution in [2.24, 2.45) is 5.92 Å². The number of halogens is 2. The minimum atomic E-state index is -0.414. The molecular weight excluding hydrogens is 299 g/mol. The van der Waals surface area contributed by atoms with E-state index in [4.69, 9.17) is 11.6 Å². The van der Waals surface area contributed by atoms with Crippen molar-refractivity contribution in [1.29, 1.82) is 0 Å². The zero-order valence-electron chi connectivity index (χ0n) is 11.4. The fourth-order valence-corrected chi connectivity index (χ4v) is 3.30. The molecule has 1 saturated heterocycles. The second kappa shape index (κ2) is 7.18. The monoisotopic (exact) mass is 316 g/mol. The summed E-state index contributed by atoms with van der Waals surface area (Å²) in [5.41, 5.74) is 0.322. The maximum Gasteiger partial charge on any atom is 0.321 e. The first-order valence-electron chi connectivity index (χ1n) is 6.60. The van der Waals surface area contributed by atoms with Crippen LogP contribution < -0.4 is 5.32 Å². The van der Waals surface area contributed by atoms with Crippen LogP contribution in [0.25, 0.3) is 0 Å². The van der Waals surface area contributed by atoms with Crippen LogP contribution in [-0.4, -0.2) is 36.0 Å². The van der Waals surface area contributed by atoms with Gasteiger partial charge in [-0.15, -0.1) is 0 Å². The molecule has 1 aliphatic rings.